The van der Waals surface area contributed by atoms with Gasteiger partial charge in [-0.1, -0.05) is 67.5 Å². The number of rotatable bonds is 3. The minimum atomic E-state index is 0.305. The summed E-state index contributed by atoms with van der Waals surface area (Å²) in [4.78, 5) is 0. The standard InChI is InChI=1S/C15H30/c1-13(2,3)9-11-15(7,8)12-10-14(4,5)6/h9,11H,10,12H2,1-8H3/b11-9+. The first-order valence-electron chi connectivity index (χ1n) is 6.12. The quantitative estimate of drug-likeness (QED) is 0.544. The van der Waals surface area contributed by atoms with E-state index >= 15 is 0 Å². The van der Waals surface area contributed by atoms with E-state index in [9.17, 15) is 0 Å². The van der Waals surface area contributed by atoms with E-state index in [-0.39, 0.29) is 0 Å². The molecule has 0 aliphatic rings. The van der Waals surface area contributed by atoms with Gasteiger partial charge in [-0.05, 0) is 29.1 Å². The summed E-state index contributed by atoms with van der Waals surface area (Å²) in [5.41, 5.74) is 1.09. The van der Waals surface area contributed by atoms with Crippen molar-refractivity contribution in [1.29, 1.82) is 0 Å². The van der Waals surface area contributed by atoms with Crippen LogP contribution in [0.3, 0.4) is 0 Å². The summed E-state index contributed by atoms with van der Waals surface area (Å²) < 4.78 is 0. The smallest absolute Gasteiger partial charge is 0.0174 e. The maximum Gasteiger partial charge on any atom is -0.0174 e. The SMILES string of the molecule is CC(C)(C)/C=C/C(C)(C)CCC(C)(C)C. The van der Waals surface area contributed by atoms with Crippen molar-refractivity contribution < 1.29 is 0 Å². The topological polar surface area (TPSA) is 0 Å². The molecular weight excluding hydrogens is 180 g/mol. The Hall–Kier alpha value is -0.260. The zero-order chi connectivity index (χ0) is 12.3. The maximum absolute atomic E-state index is 2.39. The molecule has 0 nitrogen and oxygen atoms in total. The van der Waals surface area contributed by atoms with Gasteiger partial charge < -0.3 is 0 Å². The Labute approximate surface area is 97.2 Å². The van der Waals surface area contributed by atoms with Crippen molar-refractivity contribution in [2.24, 2.45) is 16.2 Å². The molecule has 0 saturated heterocycles. The summed E-state index contributed by atoms with van der Waals surface area (Å²) in [5, 5.41) is 0. The van der Waals surface area contributed by atoms with Gasteiger partial charge in [-0.3, -0.25) is 0 Å². The summed E-state index contributed by atoms with van der Waals surface area (Å²) >= 11 is 0. The van der Waals surface area contributed by atoms with Crippen LogP contribution in [0.15, 0.2) is 12.2 Å². The minimum absolute atomic E-state index is 0.305. The second kappa shape index (κ2) is 4.72. The molecular formula is C15H30. The highest BCUT2D eigenvalue weighted by Gasteiger charge is 2.19. The van der Waals surface area contributed by atoms with Crippen LogP contribution in [0.4, 0.5) is 0 Å². The molecule has 0 N–H and O–H groups in total. The monoisotopic (exact) mass is 210 g/mol. The Morgan fingerprint density at radius 2 is 1.13 bits per heavy atom. The molecule has 90 valence electrons. The summed E-state index contributed by atoms with van der Waals surface area (Å²) in [6.07, 6.45) is 7.28. The van der Waals surface area contributed by atoms with Crippen molar-refractivity contribution in [3.8, 4) is 0 Å². The Bertz CT molecular complexity index is 205. The number of hydrogen-bond donors (Lipinski definition) is 0. The molecule has 15 heavy (non-hydrogen) atoms. The predicted octanol–water partition coefficient (Wildman–Crippen LogP) is 5.44. The second-order valence-electron chi connectivity index (χ2n) is 7.75. The Kier molecular flexibility index (Phi) is 4.64. The van der Waals surface area contributed by atoms with Crippen LogP contribution in [-0.2, 0) is 0 Å². The molecule has 0 atom stereocenters. The lowest BCUT2D eigenvalue weighted by Crippen LogP contribution is -2.14. The first kappa shape index (κ1) is 14.7. The average molecular weight is 210 g/mol. The van der Waals surface area contributed by atoms with Gasteiger partial charge >= 0.3 is 0 Å². The van der Waals surface area contributed by atoms with Crippen molar-refractivity contribution in [3.63, 3.8) is 0 Å². The Morgan fingerprint density at radius 3 is 1.47 bits per heavy atom. The first-order chi connectivity index (χ1) is 6.41. The molecule has 0 aromatic carbocycles. The molecule has 0 aliphatic heterocycles. The average Bonchev–Trinajstić information content (AvgIpc) is 1.96. The zero-order valence-corrected chi connectivity index (χ0v) is 12.1. The van der Waals surface area contributed by atoms with E-state index in [1.54, 1.807) is 0 Å². The molecule has 0 fully saturated rings. The van der Waals surface area contributed by atoms with Crippen molar-refractivity contribution >= 4 is 0 Å². The molecule has 0 amide bonds. The lowest BCUT2D eigenvalue weighted by Gasteiger charge is -2.27. The highest BCUT2D eigenvalue weighted by molar-refractivity contribution is 5.00. The van der Waals surface area contributed by atoms with Gasteiger partial charge in [0.15, 0.2) is 0 Å². The summed E-state index contributed by atoms with van der Waals surface area (Å²) in [6, 6.07) is 0. The third kappa shape index (κ3) is 10.0. The van der Waals surface area contributed by atoms with E-state index in [0.29, 0.717) is 16.2 Å². The van der Waals surface area contributed by atoms with Crippen LogP contribution in [-0.4, -0.2) is 0 Å². The molecule has 0 spiro atoms. The molecule has 0 rings (SSSR count). The highest BCUT2D eigenvalue weighted by Crippen LogP contribution is 2.32. The molecule has 0 heteroatoms. The first-order valence-corrected chi connectivity index (χ1v) is 6.12. The summed E-state index contributed by atoms with van der Waals surface area (Å²) in [5.74, 6) is 0. The number of hydrogen-bond acceptors (Lipinski definition) is 0. The number of allylic oxidation sites excluding steroid dienone is 2. The third-order valence-corrected chi connectivity index (χ3v) is 2.55. The van der Waals surface area contributed by atoms with E-state index in [2.05, 4.69) is 67.5 Å². The van der Waals surface area contributed by atoms with Crippen LogP contribution in [0, 0.1) is 16.2 Å². The zero-order valence-electron chi connectivity index (χ0n) is 12.1. The van der Waals surface area contributed by atoms with Crippen molar-refractivity contribution in [2.75, 3.05) is 0 Å². The van der Waals surface area contributed by atoms with Crippen molar-refractivity contribution in [3.05, 3.63) is 12.2 Å². The van der Waals surface area contributed by atoms with E-state index in [1.165, 1.54) is 12.8 Å². The molecule has 0 unspecified atom stereocenters. The minimum Gasteiger partial charge on any atom is -0.0826 e. The van der Waals surface area contributed by atoms with Gasteiger partial charge in [0.05, 0.1) is 0 Å². The normalized spacial score (nSPS) is 14.9. The predicted molar refractivity (Wildman–Crippen MR) is 71.1 cm³/mol. The fraction of sp³-hybridized carbons (Fsp3) is 0.867. The van der Waals surface area contributed by atoms with Gasteiger partial charge in [-0.15, -0.1) is 0 Å². The second-order valence-corrected chi connectivity index (χ2v) is 7.75. The molecule has 0 aromatic heterocycles. The Morgan fingerprint density at radius 1 is 0.667 bits per heavy atom. The van der Waals surface area contributed by atoms with Crippen molar-refractivity contribution in [2.45, 2.75) is 68.2 Å². The molecule has 0 aromatic rings. The van der Waals surface area contributed by atoms with E-state index in [0.717, 1.165) is 0 Å². The maximum atomic E-state index is 2.39. The van der Waals surface area contributed by atoms with Gasteiger partial charge in [-0.2, -0.15) is 0 Å². The Balaban J connectivity index is 4.26. The van der Waals surface area contributed by atoms with Crippen molar-refractivity contribution in [1.82, 2.24) is 0 Å². The third-order valence-electron chi connectivity index (χ3n) is 2.55. The fourth-order valence-electron chi connectivity index (χ4n) is 1.26. The lowest BCUT2D eigenvalue weighted by atomic mass is 9.79. The van der Waals surface area contributed by atoms with Crippen LogP contribution in [0.1, 0.15) is 68.2 Å². The van der Waals surface area contributed by atoms with E-state index in [1.807, 2.05) is 0 Å². The molecule has 0 radical (unpaired) electrons. The van der Waals surface area contributed by atoms with Gasteiger partial charge in [0.1, 0.15) is 0 Å². The van der Waals surface area contributed by atoms with Gasteiger partial charge in [0.2, 0.25) is 0 Å². The summed E-state index contributed by atoms with van der Waals surface area (Å²) in [6.45, 7) is 18.4. The van der Waals surface area contributed by atoms with Gasteiger partial charge in [0, 0.05) is 0 Å². The van der Waals surface area contributed by atoms with Gasteiger partial charge in [0.25, 0.3) is 0 Å². The van der Waals surface area contributed by atoms with Crippen LogP contribution in [0.2, 0.25) is 0 Å². The van der Waals surface area contributed by atoms with E-state index in [4.69, 9.17) is 0 Å². The van der Waals surface area contributed by atoms with Crippen LogP contribution < -0.4 is 0 Å². The molecule has 0 bridgehead atoms. The van der Waals surface area contributed by atoms with Crippen LogP contribution in [0.5, 0.6) is 0 Å². The van der Waals surface area contributed by atoms with E-state index < -0.39 is 0 Å². The lowest BCUT2D eigenvalue weighted by molar-refractivity contribution is 0.297. The molecule has 0 heterocycles. The van der Waals surface area contributed by atoms with Crippen LogP contribution in [0.25, 0.3) is 0 Å². The van der Waals surface area contributed by atoms with Gasteiger partial charge in [-0.25, -0.2) is 0 Å². The largest absolute Gasteiger partial charge is 0.0826 e. The fourth-order valence-corrected chi connectivity index (χ4v) is 1.26. The van der Waals surface area contributed by atoms with Crippen LogP contribution >= 0.6 is 0 Å². The summed E-state index contributed by atoms with van der Waals surface area (Å²) in [7, 11) is 0. The molecule has 0 saturated carbocycles. The highest BCUT2D eigenvalue weighted by atomic mass is 14.2. The molecule has 0 aliphatic carbocycles.